The van der Waals surface area contributed by atoms with Crippen molar-refractivity contribution in [3.05, 3.63) is 71.8 Å². The van der Waals surface area contributed by atoms with Gasteiger partial charge in [0.1, 0.15) is 0 Å². The summed E-state index contributed by atoms with van der Waals surface area (Å²) in [6, 6.07) is 21.9. The van der Waals surface area contributed by atoms with Crippen LogP contribution in [0, 0.1) is 11.8 Å². The molecule has 0 heterocycles. The van der Waals surface area contributed by atoms with Gasteiger partial charge in [0, 0.05) is 0 Å². The van der Waals surface area contributed by atoms with Gasteiger partial charge >= 0.3 is 0 Å². The summed E-state index contributed by atoms with van der Waals surface area (Å²) in [5.41, 5.74) is 3.10. The van der Waals surface area contributed by atoms with E-state index in [-0.39, 0.29) is 10.8 Å². The number of benzene rings is 2. The fourth-order valence-electron chi connectivity index (χ4n) is 4.66. The Labute approximate surface area is 136 Å². The van der Waals surface area contributed by atoms with Crippen LogP contribution in [0.15, 0.2) is 60.7 Å². The molecule has 0 aliphatic heterocycles. The highest BCUT2D eigenvalue weighted by Crippen LogP contribution is 2.48. The molecule has 0 radical (unpaired) electrons. The molecule has 0 aliphatic rings. The van der Waals surface area contributed by atoms with Gasteiger partial charge in [0.05, 0.1) is 0 Å². The van der Waals surface area contributed by atoms with Crippen LogP contribution in [0.2, 0.25) is 0 Å². The lowest BCUT2D eigenvalue weighted by Crippen LogP contribution is -2.45. The third-order valence-corrected chi connectivity index (χ3v) is 5.26. The van der Waals surface area contributed by atoms with Crippen molar-refractivity contribution in [2.45, 2.75) is 52.4 Å². The lowest BCUT2D eigenvalue weighted by molar-refractivity contribution is 0.141. The van der Waals surface area contributed by atoms with Crippen LogP contribution < -0.4 is 0 Å². The summed E-state index contributed by atoms with van der Waals surface area (Å²) in [7, 11) is 0. The highest BCUT2D eigenvalue weighted by atomic mass is 14.5. The first-order chi connectivity index (χ1) is 10.3. The van der Waals surface area contributed by atoms with Crippen molar-refractivity contribution in [3.8, 4) is 0 Å². The molecule has 0 amide bonds. The SMILES string of the molecule is CC(C)C(C(C)(C)c1ccccc1)C(C)(C)c1ccccc1. The van der Waals surface area contributed by atoms with Crippen LogP contribution in [0.1, 0.15) is 52.7 Å². The van der Waals surface area contributed by atoms with Gasteiger partial charge in [0.15, 0.2) is 0 Å². The fraction of sp³-hybridized carbons (Fsp3) is 0.455. The molecular weight excluding hydrogens is 264 g/mol. The maximum absolute atomic E-state index is 2.40. The van der Waals surface area contributed by atoms with E-state index in [0.29, 0.717) is 11.8 Å². The van der Waals surface area contributed by atoms with Gasteiger partial charge in [-0.3, -0.25) is 0 Å². The molecule has 0 saturated heterocycles. The molecule has 0 heteroatoms. The number of rotatable bonds is 5. The van der Waals surface area contributed by atoms with Crippen LogP contribution in [0.5, 0.6) is 0 Å². The molecule has 2 aromatic carbocycles. The number of hydrogen-bond acceptors (Lipinski definition) is 0. The van der Waals surface area contributed by atoms with Gasteiger partial charge in [-0.05, 0) is 33.8 Å². The summed E-state index contributed by atoms with van der Waals surface area (Å²) in [5.74, 6) is 1.15. The van der Waals surface area contributed by atoms with Gasteiger partial charge in [0.25, 0.3) is 0 Å². The Morgan fingerprint density at radius 3 is 1.18 bits per heavy atom. The van der Waals surface area contributed by atoms with Gasteiger partial charge in [-0.1, -0.05) is 102 Å². The molecule has 0 spiro atoms. The van der Waals surface area contributed by atoms with Crippen LogP contribution in [0.3, 0.4) is 0 Å². The van der Waals surface area contributed by atoms with E-state index in [1.54, 1.807) is 0 Å². The second-order valence-electron chi connectivity index (χ2n) is 7.90. The molecule has 118 valence electrons. The van der Waals surface area contributed by atoms with Gasteiger partial charge in [-0.15, -0.1) is 0 Å². The minimum Gasteiger partial charge on any atom is -0.0624 e. The summed E-state index contributed by atoms with van der Waals surface area (Å²) in [5, 5.41) is 0. The van der Waals surface area contributed by atoms with Crippen LogP contribution in [0.4, 0.5) is 0 Å². The predicted octanol–water partition coefficient (Wildman–Crippen LogP) is 6.21. The Morgan fingerprint density at radius 1 is 0.591 bits per heavy atom. The molecule has 0 aliphatic carbocycles. The maximum atomic E-state index is 2.40. The van der Waals surface area contributed by atoms with E-state index in [0.717, 1.165) is 0 Å². The molecule has 2 aromatic rings. The summed E-state index contributed by atoms with van der Waals surface area (Å²) in [4.78, 5) is 0. The first kappa shape index (κ1) is 16.8. The van der Waals surface area contributed by atoms with E-state index < -0.39 is 0 Å². The van der Waals surface area contributed by atoms with Crippen molar-refractivity contribution in [2.24, 2.45) is 11.8 Å². The lowest BCUT2D eigenvalue weighted by Gasteiger charge is -2.48. The molecule has 0 atom stereocenters. The largest absolute Gasteiger partial charge is 0.0624 e. The number of hydrogen-bond donors (Lipinski definition) is 0. The zero-order chi connectivity index (χ0) is 16.4. The predicted molar refractivity (Wildman–Crippen MR) is 97.3 cm³/mol. The zero-order valence-corrected chi connectivity index (χ0v) is 14.9. The minimum absolute atomic E-state index is 0.120. The monoisotopic (exact) mass is 294 g/mol. The summed E-state index contributed by atoms with van der Waals surface area (Å²) >= 11 is 0. The Hall–Kier alpha value is -1.56. The molecular formula is C22H30. The van der Waals surface area contributed by atoms with E-state index in [2.05, 4.69) is 102 Å². The fourth-order valence-corrected chi connectivity index (χ4v) is 4.66. The Morgan fingerprint density at radius 2 is 0.909 bits per heavy atom. The Kier molecular flexibility index (Phi) is 4.80. The minimum atomic E-state index is 0.120. The van der Waals surface area contributed by atoms with Crippen molar-refractivity contribution >= 4 is 0 Å². The molecule has 0 saturated carbocycles. The average Bonchev–Trinajstić information content (AvgIpc) is 2.48. The molecule has 0 N–H and O–H groups in total. The van der Waals surface area contributed by atoms with Crippen LogP contribution in [-0.4, -0.2) is 0 Å². The van der Waals surface area contributed by atoms with Crippen molar-refractivity contribution in [1.82, 2.24) is 0 Å². The molecule has 0 fully saturated rings. The van der Waals surface area contributed by atoms with E-state index >= 15 is 0 Å². The van der Waals surface area contributed by atoms with E-state index in [4.69, 9.17) is 0 Å². The first-order valence-corrected chi connectivity index (χ1v) is 8.39. The van der Waals surface area contributed by atoms with Gasteiger partial charge in [0.2, 0.25) is 0 Å². The highest BCUT2D eigenvalue weighted by molar-refractivity contribution is 5.31. The highest BCUT2D eigenvalue weighted by Gasteiger charge is 2.44. The van der Waals surface area contributed by atoms with Gasteiger partial charge in [-0.2, -0.15) is 0 Å². The van der Waals surface area contributed by atoms with Gasteiger partial charge < -0.3 is 0 Å². The molecule has 0 unspecified atom stereocenters. The van der Waals surface area contributed by atoms with Crippen molar-refractivity contribution in [2.75, 3.05) is 0 Å². The van der Waals surface area contributed by atoms with Crippen molar-refractivity contribution < 1.29 is 0 Å². The Balaban J connectivity index is 2.51. The smallest absolute Gasteiger partial charge is 0.00646 e. The summed E-state index contributed by atoms with van der Waals surface area (Å²) in [6.07, 6.45) is 0. The maximum Gasteiger partial charge on any atom is -0.00646 e. The normalized spacial score (nSPS) is 12.9. The quantitative estimate of drug-likeness (QED) is 0.614. The average molecular weight is 294 g/mol. The van der Waals surface area contributed by atoms with E-state index in [1.807, 2.05) is 0 Å². The second-order valence-corrected chi connectivity index (χ2v) is 7.90. The van der Waals surface area contributed by atoms with E-state index in [1.165, 1.54) is 11.1 Å². The van der Waals surface area contributed by atoms with Crippen molar-refractivity contribution in [1.29, 1.82) is 0 Å². The summed E-state index contributed by atoms with van der Waals surface area (Å²) in [6.45, 7) is 14.3. The third-order valence-electron chi connectivity index (χ3n) is 5.26. The molecule has 2 rings (SSSR count). The second kappa shape index (κ2) is 6.28. The zero-order valence-electron chi connectivity index (χ0n) is 14.9. The Bertz CT molecular complexity index is 524. The summed E-state index contributed by atoms with van der Waals surface area (Å²) < 4.78 is 0. The first-order valence-electron chi connectivity index (χ1n) is 8.39. The molecule has 0 bridgehead atoms. The van der Waals surface area contributed by atoms with Crippen molar-refractivity contribution in [3.63, 3.8) is 0 Å². The topological polar surface area (TPSA) is 0 Å². The molecule has 22 heavy (non-hydrogen) atoms. The molecule has 0 aromatic heterocycles. The van der Waals surface area contributed by atoms with Gasteiger partial charge in [-0.25, -0.2) is 0 Å². The van der Waals surface area contributed by atoms with Crippen LogP contribution in [0.25, 0.3) is 0 Å². The van der Waals surface area contributed by atoms with Crippen LogP contribution >= 0.6 is 0 Å². The standard InChI is InChI=1S/C22H30/c1-17(2)20(21(3,4)18-13-9-7-10-14-18)22(5,6)19-15-11-8-12-16-19/h7-17,20H,1-6H3. The third kappa shape index (κ3) is 3.11. The molecule has 0 nitrogen and oxygen atoms in total. The lowest BCUT2D eigenvalue weighted by atomic mass is 9.56. The van der Waals surface area contributed by atoms with E-state index in [9.17, 15) is 0 Å². The van der Waals surface area contributed by atoms with Crippen LogP contribution in [-0.2, 0) is 10.8 Å².